The van der Waals surface area contributed by atoms with Crippen LogP contribution >= 0.6 is 0 Å². The third-order valence-electron chi connectivity index (χ3n) is 3.35. The van der Waals surface area contributed by atoms with Crippen LogP contribution in [0.3, 0.4) is 0 Å². The summed E-state index contributed by atoms with van der Waals surface area (Å²) in [4.78, 5) is 34.3. The molecule has 0 unspecified atom stereocenters. The zero-order chi connectivity index (χ0) is 20.2. The second-order valence-corrected chi connectivity index (χ2v) is 5.28. The van der Waals surface area contributed by atoms with Gasteiger partial charge in [-0.3, -0.25) is 14.9 Å². The molecular formula is C17H13F3N2O5. The Labute approximate surface area is 150 Å². The normalized spacial score (nSPS) is 11.0. The van der Waals surface area contributed by atoms with Crippen molar-refractivity contribution in [3.63, 3.8) is 0 Å². The number of benzene rings is 2. The first-order chi connectivity index (χ1) is 12.6. The van der Waals surface area contributed by atoms with Crippen molar-refractivity contribution in [2.24, 2.45) is 0 Å². The second kappa shape index (κ2) is 7.85. The van der Waals surface area contributed by atoms with Gasteiger partial charge in [0.2, 0.25) is 0 Å². The monoisotopic (exact) mass is 382 g/mol. The van der Waals surface area contributed by atoms with E-state index < -0.39 is 34.2 Å². The second-order valence-electron chi connectivity index (χ2n) is 5.28. The Morgan fingerprint density at radius 2 is 1.81 bits per heavy atom. The van der Waals surface area contributed by atoms with E-state index in [1.807, 2.05) is 0 Å². The number of non-ortho nitro benzene ring substituents is 1. The van der Waals surface area contributed by atoms with Crippen LogP contribution in [-0.2, 0) is 10.9 Å². The van der Waals surface area contributed by atoms with Crippen molar-refractivity contribution < 1.29 is 32.4 Å². The summed E-state index contributed by atoms with van der Waals surface area (Å²) in [7, 11) is 0. The molecule has 142 valence electrons. The molecule has 0 spiro atoms. The molecule has 0 aliphatic heterocycles. The Morgan fingerprint density at radius 1 is 1.15 bits per heavy atom. The Hall–Kier alpha value is -3.43. The van der Waals surface area contributed by atoms with Crippen LogP contribution in [0, 0.1) is 10.1 Å². The topological polar surface area (TPSA) is 98.5 Å². The van der Waals surface area contributed by atoms with Crippen molar-refractivity contribution in [2.45, 2.75) is 13.1 Å². The number of esters is 1. The minimum atomic E-state index is -4.59. The van der Waals surface area contributed by atoms with E-state index in [-0.39, 0.29) is 23.4 Å². The van der Waals surface area contributed by atoms with Gasteiger partial charge in [-0.25, -0.2) is 4.79 Å². The van der Waals surface area contributed by atoms with E-state index in [2.05, 4.69) is 5.32 Å². The van der Waals surface area contributed by atoms with Crippen LogP contribution in [0.1, 0.15) is 33.2 Å². The highest BCUT2D eigenvalue weighted by Gasteiger charge is 2.30. The summed E-state index contributed by atoms with van der Waals surface area (Å²) >= 11 is 0. The number of halogens is 3. The number of nitrogens with one attached hydrogen (secondary N) is 1. The summed E-state index contributed by atoms with van der Waals surface area (Å²) in [6.07, 6.45) is -4.59. The third-order valence-corrected chi connectivity index (χ3v) is 3.35. The molecule has 2 aromatic rings. The molecule has 0 bridgehead atoms. The summed E-state index contributed by atoms with van der Waals surface area (Å²) in [5.41, 5.74) is -2.15. The minimum Gasteiger partial charge on any atom is -0.462 e. The van der Waals surface area contributed by atoms with Crippen LogP contribution in [0.4, 0.5) is 24.5 Å². The summed E-state index contributed by atoms with van der Waals surface area (Å²) in [6, 6.07) is 6.81. The van der Waals surface area contributed by atoms with Crippen molar-refractivity contribution in [2.75, 3.05) is 11.9 Å². The predicted octanol–water partition coefficient (Wildman–Crippen LogP) is 4.04. The molecule has 2 aromatic carbocycles. The van der Waals surface area contributed by atoms with Crippen LogP contribution in [-0.4, -0.2) is 23.4 Å². The van der Waals surface area contributed by atoms with Crippen LogP contribution in [0.2, 0.25) is 0 Å². The quantitative estimate of drug-likeness (QED) is 0.478. The molecule has 0 aromatic heterocycles. The molecule has 0 heterocycles. The van der Waals surface area contributed by atoms with Crippen LogP contribution < -0.4 is 5.32 Å². The average Bonchev–Trinajstić information content (AvgIpc) is 2.61. The number of nitrogens with zero attached hydrogens (tertiary/aromatic N) is 1. The Balaban J connectivity index is 2.35. The van der Waals surface area contributed by atoms with Crippen LogP contribution in [0.15, 0.2) is 42.5 Å². The average molecular weight is 382 g/mol. The number of nitro groups is 1. The van der Waals surface area contributed by atoms with Crippen molar-refractivity contribution in [1.29, 1.82) is 0 Å². The van der Waals surface area contributed by atoms with Crippen molar-refractivity contribution >= 4 is 23.3 Å². The summed E-state index contributed by atoms with van der Waals surface area (Å²) in [5.74, 6) is -1.78. The Kier molecular flexibility index (Phi) is 5.78. The third kappa shape index (κ3) is 5.03. The Morgan fingerprint density at radius 3 is 2.41 bits per heavy atom. The molecule has 0 saturated carbocycles. The Bertz CT molecular complexity index is 896. The molecule has 0 fully saturated rings. The maximum absolute atomic E-state index is 12.7. The number of carbonyl (C=O) groups excluding carboxylic acids is 2. The van der Waals surface area contributed by atoms with Crippen molar-refractivity contribution in [1.82, 2.24) is 0 Å². The SMILES string of the molecule is CCOC(=O)c1cc(C(=O)Nc2cccc(C(F)(F)F)c2)cc([N+](=O)[O-])c1. The van der Waals surface area contributed by atoms with Gasteiger partial charge in [0.05, 0.1) is 22.7 Å². The van der Waals surface area contributed by atoms with E-state index in [1.54, 1.807) is 0 Å². The number of nitro benzene ring substituents is 1. The molecule has 1 amide bonds. The fraction of sp³-hybridized carbons (Fsp3) is 0.176. The number of carbonyl (C=O) groups is 2. The smallest absolute Gasteiger partial charge is 0.416 e. The van der Waals surface area contributed by atoms with Crippen LogP contribution in [0.25, 0.3) is 0 Å². The highest BCUT2D eigenvalue weighted by Crippen LogP contribution is 2.30. The van der Waals surface area contributed by atoms with Gasteiger partial charge >= 0.3 is 12.1 Å². The number of rotatable bonds is 5. The standard InChI is InChI=1S/C17H13F3N2O5/c1-2-27-16(24)11-6-10(7-14(8-11)22(25)26)15(23)21-13-5-3-4-12(9-13)17(18,19)20/h3-9H,2H2,1H3,(H,21,23). The maximum Gasteiger partial charge on any atom is 0.416 e. The molecule has 1 N–H and O–H groups in total. The number of anilines is 1. The van der Waals surface area contributed by atoms with Crippen molar-refractivity contribution in [3.05, 3.63) is 69.3 Å². The van der Waals surface area contributed by atoms with Gasteiger partial charge < -0.3 is 10.1 Å². The predicted molar refractivity (Wildman–Crippen MR) is 88.5 cm³/mol. The zero-order valence-corrected chi connectivity index (χ0v) is 13.9. The lowest BCUT2D eigenvalue weighted by molar-refractivity contribution is -0.384. The lowest BCUT2D eigenvalue weighted by atomic mass is 10.1. The summed E-state index contributed by atoms with van der Waals surface area (Å²) in [5, 5.41) is 13.2. The number of ether oxygens (including phenoxy) is 1. The van der Waals surface area contributed by atoms with Gasteiger partial charge in [0, 0.05) is 23.4 Å². The minimum absolute atomic E-state index is 0.0211. The molecule has 2 rings (SSSR count). The van der Waals surface area contributed by atoms with E-state index in [0.717, 1.165) is 36.4 Å². The van der Waals surface area contributed by atoms with Crippen molar-refractivity contribution in [3.8, 4) is 0 Å². The van der Waals surface area contributed by atoms with E-state index >= 15 is 0 Å². The first-order valence-corrected chi connectivity index (χ1v) is 7.57. The summed E-state index contributed by atoms with van der Waals surface area (Å²) < 4.78 is 43.0. The highest BCUT2D eigenvalue weighted by molar-refractivity contribution is 6.06. The van der Waals surface area contributed by atoms with Gasteiger partial charge in [0.25, 0.3) is 11.6 Å². The number of amides is 1. The molecule has 0 saturated heterocycles. The lowest BCUT2D eigenvalue weighted by Gasteiger charge is -2.10. The van der Waals surface area contributed by atoms with Gasteiger partial charge in [0.15, 0.2) is 0 Å². The van der Waals surface area contributed by atoms with Gasteiger partial charge in [-0.1, -0.05) is 6.07 Å². The highest BCUT2D eigenvalue weighted by atomic mass is 19.4. The molecule has 27 heavy (non-hydrogen) atoms. The molecule has 7 nitrogen and oxygen atoms in total. The van der Waals surface area contributed by atoms with Gasteiger partial charge in [-0.05, 0) is 31.2 Å². The van der Waals surface area contributed by atoms with Crippen LogP contribution in [0.5, 0.6) is 0 Å². The van der Waals surface area contributed by atoms with E-state index in [0.29, 0.717) is 0 Å². The number of alkyl halides is 3. The van der Waals surface area contributed by atoms with Gasteiger partial charge in [-0.15, -0.1) is 0 Å². The first kappa shape index (κ1) is 19.9. The molecule has 0 radical (unpaired) electrons. The molecule has 10 heteroatoms. The fourth-order valence-electron chi connectivity index (χ4n) is 2.16. The van der Waals surface area contributed by atoms with Gasteiger partial charge in [-0.2, -0.15) is 13.2 Å². The zero-order valence-electron chi connectivity index (χ0n) is 13.9. The largest absolute Gasteiger partial charge is 0.462 e. The molecule has 0 aliphatic rings. The van der Waals surface area contributed by atoms with E-state index in [4.69, 9.17) is 4.74 Å². The summed E-state index contributed by atoms with van der Waals surface area (Å²) in [6.45, 7) is 1.56. The molecular weight excluding hydrogens is 369 g/mol. The fourth-order valence-corrected chi connectivity index (χ4v) is 2.16. The first-order valence-electron chi connectivity index (χ1n) is 7.57. The molecule has 0 aliphatic carbocycles. The van der Waals surface area contributed by atoms with Gasteiger partial charge in [0.1, 0.15) is 0 Å². The maximum atomic E-state index is 12.7. The van der Waals surface area contributed by atoms with E-state index in [1.165, 1.54) is 13.0 Å². The number of hydrogen-bond donors (Lipinski definition) is 1. The molecule has 0 atom stereocenters. The van der Waals surface area contributed by atoms with E-state index in [9.17, 15) is 32.9 Å². The lowest BCUT2D eigenvalue weighted by Crippen LogP contribution is -2.15. The number of hydrogen-bond acceptors (Lipinski definition) is 5.